The summed E-state index contributed by atoms with van der Waals surface area (Å²) in [6, 6.07) is 5.18. The molecule has 0 saturated carbocycles. The highest BCUT2D eigenvalue weighted by molar-refractivity contribution is 9.10. The molecule has 2 N–H and O–H groups in total. The molecule has 0 atom stereocenters. The molecule has 1 aromatic rings. The first-order chi connectivity index (χ1) is 8.08. The van der Waals surface area contributed by atoms with Crippen molar-refractivity contribution in [3.8, 4) is 0 Å². The van der Waals surface area contributed by atoms with Gasteiger partial charge < -0.3 is 10.6 Å². The maximum Gasteiger partial charge on any atom is 0.255 e. The number of rotatable bonds is 1. The molecule has 0 unspecified atom stereocenters. The number of carbonyl (C=O) groups excluding carboxylic acids is 1. The average Bonchev–Trinajstić information content (AvgIpc) is 2.32. The zero-order chi connectivity index (χ0) is 12.4. The zero-order valence-corrected chi connectivity index (χ0v) is 11.6. The van der Waals surface area contributed by atoms with E-state index < -0.39 is 10.8 Å². The van der Waals surface area contributed by atoms with Crippen LogP contribution in [0.15, 0.2) is 22.7 Å². The first-order valence-corrected chi connectivity index (χ1v) is 7.55. The molecule has 1 fully saturated rings. The minimum Gasteiger partial charge on any atom is -0.399 e. The molecule has 0 radical (unpaired) electrons. The van der Waals surface area contributed by atoms with Crippen molar-refractivity contribution in [1.82, 2.24) is 4.90 Å². The number of halogens is 1. The van der Waals surface area contributed by atoms with Gasteiger partial charge in [0, 0.05) is 45.6 Å². The largest absolute Gasteiger partial charge is 0.399 e. The Morgan fingerprint density at radius 3 is 2.65 bits per heavy atom. The lowest BCUT2D eigenvalue weighted by Gasteiger charge is -2.26. The average molecular weight is 317 g/mol. The van der Waals surface area contributed by atoms with Gasteiger partial charge in [-0.2, -0.15) is 0 Å². The van der Waals surface area contributed by atoms with Gasteiger partial charge in [-0.15, -0.1) is 0 Å². The maximum absolute atomic E-state index is 12.2. The summed E-state index contributed by atoms with van der Waals surface area (Å²) in [6.07, 6.45) is 0. The van der Waals surface area contributed by atoms with E-state index in [-0.39, 0.29) is 5.91 Å². The third-order valence-electron chi connectivity index (χ3n) is 2.69. The number of benzene rings is 1. The van der Waals surface area contributed by atoms with E-state index in [9.17, 15) is 9.00 Å². The van der Waals surface area contributed by atoms with Crippen molar-refractivity contribution >= 4 is 38.3 Å². The topological polar surface area (TPSA) is 63.4 Å². The lowest BCUT2D eigenvalue weighted by molar-refractivity contribution is 0.0770. The molecular formula is C11H13BrN2O2S. The Hall–Kier alpha value is -0.880. The van der Waals surface area contributed by atoms with Crippen LogP contribution in [0.5, 0.6) is 0 Å². The van der Waals surface area contributed by atoms with Crippen molar-refractivity contribution in [3.05, 3.63) is 28.2 Å². The van der Waals surface area contributed by atoms with Gasteiger partial charge in [0.15, 0.2) is 0 Å². The molecule has 0 spiro atoms. The molecule has 1 aliphatic heterocycles. The molecule has 0 aliphatic carbocycles. The molecule has 0 bridgehead atoms. The summed E-state index contributed by atoms with van der Waals surface area (Å²) in [7, 11) is -0.774. The van der Waals surface area contributed by atoms with Gasteiger partial charge in [-0.05, 0) is 34.1 Å². The van der Waals surface area contributed by atoms with Crippen molar-refractivity contribution in [2.45, 2.75) is 0 Å². The van der Waals surface area contributed by atoms with Gasteiger partial charge in [-0.3, -0.25) is 9.00 Å². The molecule has 0 aromatic heterocycles. The van der Waals surface area contributed by atoms with Crippen molar-refractivity contribution in [2.24, 2.45) is 0 Å². The molecule has 92 valence electrons. The fourth-order valence-electron chi connectivity index (χ4n) is 1.72. The Morgan fingerprint density at radius 1 is 1.35 bits per heavy atom. The van der Waals surface area contributed by atoms with Gasteiger partial charge in [0.05, 0.1) is 5.56 Å². The SMILES string of the molecule is Nc1ccc(Br)c(C(=O)N2CCS(=O)CC2)c1. The van der Waals surface area contributed by atoms with Crippen LogP contribution in [0.3, 0.4) is 0 Å². The second kappa shape index (κ2) is 5.18. The molecule has 1 aliphatic rings. The van der Waals surface area contributed by atoms with Crippen molar-refractivity contribution in [1.29, 1.82) is 0 Å². The lowest BCUT2D eigenvalue weighted by Crippen LogP contribution is -2.41. The summed E-state index contributed by atoms with van der Waals surface area (Å²) in [4.78, 5) is 13.9. The number of nitrogen functional groups attached to an aromatic ring is 1. The van der Waals surface area contributed by atoms with E-state index in [2.05, 4.69) is 15.9 Å². The fraction of sp³-hybridized carbons (Fsp3) is 0.364. The first kappa shape index (κ1) is 12.6. The predicted molar refractivity (Wildman–Crippen MR) is 72.3 cm³/mol. The Morgan fingerprint density at radius 2 is 2.00 bits per heavy atom. The van der Waals surface area contributed by atoms with E-state index in [0.29, 0.717) is 35.8 Å². The highest BCUT2D eigenvalue weighted by Crippen LogP contribution is 2.21. The lowest BCUT2D eigenvalue weighted by atomic mass is 10.2. The standard InChI is InChI=1S/C11H13BrN2O2S/c12-10-2-1-8(13)7-9(10)11(15)14-3-5-17(16)6-4-14/h1-2,7H,3-6,13H2. The summed E-state index contributed by atoms with van der Waals surface area (Å²) in [5.41, 5.74) is 6.81. The summed E-state index contributed by atoms with van der Waals surface area (Å²) >= 11 is 3.35. The maximum atomic E-state index is 12.2. The van der Waals surface area contributed by atoms with E-state index in [4.69, 9.17) is 5.73 Å². The van der Waals surface area contributed by atoms with Gasteiger partial charge in [0.2, 0.25) is 0 Å². The fourth-order valence-corrected chi connectivity index (χ4v) is 3.19. The van der Waals surface area contributed by atoms with Crippen LogP contribution in [0.2, 0.25) is 0 Å². The number of nitrogens with two attached hydrogens (primary N) is 1. The zero-order valence-electron chi connectivity index (χ0n) is 9.19. The Labute approximate surface area is 111 Å². The van der Waals surface area contributed by atoms with Crippen molar-refractivity contribution in [3.63, 3.8) is 0 Å². The third kappa shape index (κ3) is 2.87. The molecular weight excluding hydrogens is 304 g/mol. The Kier molecular flexibility index (Phi) is 3.83. The smallest absolute Gasteiger partial charge is 0.255 e. The van der Waals surface area contributed by atoms with Gasteiger partial charge >= 0.3 is 0 Å². The third-order valence-corrected chi connectivity index (χ3v) is 4.65. The molecule has 4 nitrogen and oxygen atoms in total. The van der Waals surface area contributed by atoms with Crippen LogP contribution in [0.1, 0.15) is 10.4 Å². The highest BCUT2D eigenvalue weighted by Gasteiger charge is 2.22. The van der Waals surface area contributed by atoms with Crippen LogP contribution >= 0.6 is 15.9 Å². The molecule has 1 heterocycles. The molecule has 1 saturated heterocycles. The van der Waals surface area contributed by atoms with Gasteiger partial charge in [0.25, 0.3) is 5.91 Å². The summed E-state index contributed by atoms with van der Waals surface area (Å²) in [5, 5.41) is 0. The number of carbonyl (C=O) groups is 1. The molecule has 17 heavy (non-hydrogen) atoms. The van der Waals surface area contributed by atoms with Crippen LogP contribution < -0.4 is 5.73 Å². The van der Waals surface area contributed by atoms with Crippen LogP contribution in [0.4, 0.5) is 5.69 Å². The molecule has 2 rings (SSSR count). The Balaban J connectivity index is 2.19. The van der Waals surface area contributed by atoms with Gasteiger partial charge in [-0.1, -0.05) is 0 Å². The Bertz CT molecular complexity index is 469. The van der Waals surface area contributed by atoms with Crippen molar-refractivity contribution in [2.75, 3.05) is 30.3 Å². The molecule has 6 heteroatoms. The van der Waals surface area contributed by atoms with Crippen LogP contribution in [-0.4, -0.2) is 39.6 Å². The number of nitrogens with zero attached hydrogens (tertiary/aromatic N) is 1. The second-order valence-electron chi connectivity index (χ2n) is 3.88. The van der Waals surface area contributed by atoms with Gasteiger partial charge in [-0.25, -0.2) is 0 Å². The van der Waals surface area contributed by atoms with E-state index in [1.54, 1.807) is 23.1 Å². The number of hydrogen-bond acceptors (Lipinski definition) is 3. The minimum absolute atomic E-state index is 0.0547. The van der Waals surface area contributed by atoms with Crippen LogP contribution in [0.25, 0.3) is 0 Å². The van der Waals surface area contributed by atoms with Gasteiger partial charge in [0.1, 0.15) is 0 Å². The molecule has 1 aromatic carbocycles. The highest BCUT2D eigenvalue weighted by atomic mass is 79.9. The summed E-state index contributed by atoms with van der Waals surface area (Å²) < 4.78 is 12.0. The normalized spacial score (nSPS) is 17.1. The quantitative estimate of drug-likeness (QED) is 0.793. The summed E-state index contributed by atoms with van der Waals surface area (Å²) in [5.74, 6) is 1.07. The van der Waals surface area contributed by atoms with Crippen LogP contribution in [0, 0.1) is 0 Å². The van der Waals surface area contributed by atoms with E-state index in [1.165, 1.54) is 0 Å². The van der Waals surface area contributed by atoms with E-state index in [0.717, 1.165) is 4.47 Å². The van der Waals surface area contributed by atoms with E-state index >= 15 is 0 Å². The minimum atomic E-state index is -0.774. The molecule has 1 amide bonds. The second-order valence-corrected chi connectivity index (χ2v) is 6.43. The first-order valence-electron chi connectivity index (χ1n) is 5.27. The predicted octanol–water partition coefficient (Wildman–Crippen LogP) is 1.24. The number of hydrogen-bond donors (Lipinski definition) is 1. The van der Waals surface area contributed by atoms with Crippen molar-refractivity contribution < 1.29 is 9.00 Å². The number of amides is 1. The monoisotopic (exact) mass is 316 g/mol. The number of anilines is 1. The van der Waals surface area contributed by atoms with Crippen LogP contribution in [-0.2, 0) is 10.8 Å². The summed E-state index contributed by atoms with van der Waals surface area (Å²) in [6.45, 7) is 1.10. The van der Waals surface area contributed by atoms with E-state index in [1.807, 2.05) is 0 Å².